The quantitative estimate of drug-likeness (QED) is 0.938. The maximum absolute atomic E-state index is 13.2. The Balaban J connectivity index is 1.72. The molecule has 2 heterocycles. The van der Waals surface area contributed by atoms with E-state index < -0.39 is 18.0 Å². The van der Waals surface area contributed by atoms with E-state index in [-0.39, 0.29) is 18.2 Å². The number of nitrogens with zero attached hydrogens (tertiary/aromatic N) is 1. The first kappa shape index (κ1) is 15.7. The van der Waals surface area contributed by atoms with Crippen molar-refractivity contribution in [2.75, 3.05) is 19.8 Å². The van der Waals surface area contributed by atoms with Crippen LogP contribution >= 0.6 is 0 Å². The van der Waals surface area contributed by atoms with Gasteiger partial charge in [-0.3, -0.25) is 0 Å². The van der Waals surface area contributed by atoms with E-state index >= 15 is 0 Å². The zero-order chi connectivity index (χ0) is 16.7. The van der Waals surface area contributed by atoms with Gasteiger partial charge in [0.15, 0.2) is 0 Å². The predicted molar refractivity (Wildman–Crippen MR) is 81.8 cm³/mol. The molecule has 4 nitrogen and oxygen atoms in total. The summed E-state index contributed by atoms with van der Waals surface area (Å²) in [5, 5.41) is 9.92. The summed E-state index contributed by atoms with van der Waals surface area (Å²) in [5.41, 5.74) is 0.909. The smallest absolute Gasteiger partial charge is 0.139 e. The molecule has 0 aromatic heterocycles. The summed E-state index contributed by atoms with van der Waals surface area (Å²) in [6.45, 7) is 0.495. The van der Waals surface area contributed by atoms with Crippen LogP contribution in [0, 0.1) is 11.6 Å². The Morgan fingerprint density at radius 1 is 0.875 bits per heavy atom. The van der Waals surface area contributed by atoms with E-state index in [4.69, 9.17) is 9.47 Å². The van der Waals surface area contributed by atoms with Crippen molar-refractivity contribution < 1.29 is 23.4 Å². The van der Waals surface area contributed by atoms with E-state index in [1.54, 1.807) is 24.3 Å². The Morgan fingerprint density at radius 3 is 1.67 bits per heavy atom. The van der Waals surface area contributed by atoms with Crippen LogP contribution in [0.3, 0.4) is 0 Å². The highest BCUT2D eigenvalue weighted by atomic mass is 19.1. The lowest BCUT2D eigenvalue weighted by atomic mass is 10.0. The first-order chi connectivity index (χ1) is 11.6. The van der Waals surface area contributed by atoms with Crippen LogP contribution in [0.5, 0.6) is 0 Å². The summed E-state index contributed by atoms with van der Waals surface area (Å²) in [6, 6.07) is 12.1. The Kier molecular flexibility index (Phi) is 3.85. The molecule has 0 spiro atoms. The number of rotatable bonds is 3. The van der Waals surface area contributed by atoms with Gasteiger partial charge in [-0.05, 0) is 35.4 Å². The lowest BCUT2D eigenvalue weighted by Crippen LogP contribution is -2.47. The van der Waals surface area contributed by atoms with Crippen LogP contribution in [-0.4, -0.2) is 35.4 Å². The first-order valence-corrected chi connectivity index (χ1v) is 7.76. The number of aliphatic hydroxyl groups excluding tert-OH is 1. The number of hydrogen-bond acceptors (Lipinski definition) is 4. The maximum atomic E-state index is 13.2. The van der Waals surface area contributed by atoms with Crippen molar-refractivity contribution in [3.63, 3.8) is 0 Å². The van der Waals surface area contributed by atoms with Gasteiger partial charge in [-0.1, -0.05) is 24.3 Å². The summed E-state index contributed by atoms with van der Waals surface area (Å²) in [4.78, 5) is 1.95. The Hall–Kier alpha value is -1.86. The highest BCUT2D eigenvalue weighted by Gasteiger charge is 2.56. The minimum absolute atomic E-state index is 0.123. The molecule has 2 saturated heterocycles. The third-order valence-corrected chi connectivity index (χ3v) is 4.68. The Labute approximate surface area is 138 Å². The fourth-order valence-corrected chi connectivity index (χ4v) is 3.38. The standard InChI is InChI=1S/C18H17F2NO3/c19-14-5-1-12(2-6-14)16-21-17(13-3-7-15(20)8-4-13)24-11-18(21,9-22)10-23-16/h1-8,16-17,22H,9-11H2/t16-,17-/m1/s1. The number of ether oxygens (including phenoxy) is 2. The van der Waals surface area contributed by atoms with Crippen molar-refractivity contribution in [1.82, 2.24) is 4.90 Å². The van der Waals surface area contributed by atoms with Crippen molar-refractivity contribution >= 4 is 0 Å². The van der Waals surface area contributed by atoms with E-state index in [2.05, 4.69) is 0 Å². The molecule has 6 heteroatoms. The third-order valence-electron chi connectivity index (χ3n) is 4.68. The Morgan fingerprint density at radius 2 is 1.29 bits per heavy atom. The van der Waals surface area contributed by atoms with E-state index in [9.17, 15) is 13.9 Å². The van der Waals surface area contributed by atoms with Gasteiger partial charge >= 0.3 is 0 Å². The SMILES string of the molecule is OCC12CO[C@H](c3ccc(F)cc3)N1[C@@H](c1ccc(F)cc1)OC2. The molecule has 2 aromatic carbocycles. The van der Waals surface area contributed by atoms with Gasteiger partial charge in [0.25, 0.3) is 0 Å². The molecule has 24 heavy (non-hydrogen) atoms. The summed E-state index contributed by atoms with van der Waals surface area (Å²) < 4.78 is 38.2. The number of benzene rings is 2. The van der Waals surface area contributed by atoms with Crippen molar-refractivity contribution in [1.29, 1.82) is 0 Å². The molecule has 2 atom stereocenters. The number of aliphatic hydroxyl groups is 1. The van der Waals surface area contributed by atoms with Crippen LogP contribution in [0.1, 0.15) is 23.6 Å². The molecule has 4 rings (SSSR count). The van der Waals surface area contributed by atoms with Gasteiger partial charge in [0.1, 0.15) is 24.1 Å². The minimum atomic E-state index is -0.655. The molecule has 126 valence electrons. The van der Waals surface area contributed by atoms with E-state index in [0.29, 0.717) is 13.2 Å². The van der Waals surface area contributed by atoms with Gasteiger partial charge in [-0.25, -0.2) is 13.7 Å². The highest BCUT2D eigenvalue weighted by molar-refractivity contribution is 5.25. The van der Waals surface area contributed by atoms with E-state index in [1.807, 2.05) is 4.90 Å². The van der Waals surface area contributed by atoms with Crippen molar-refractivity contribution in [3.8, 4) is 0 Å². The van der Waals surface area contributed by atoms with Crippen molar-refractivity contribution in [2.45, 2.75) is 18.0 Å². The van der Waals surface area contributed by atoms with Gasteiger partial charge < -0.3 is 14.6 Å². The molecule has 0 radical (unpaired) electrons. The van der Waals surface area contributed by atoms with Crippen LogP contribution < -0.4 is 0 Å². The lowest BCUT2D eigenvalue weighted by molar-refractivity contribution is -0.0630. The van der Waals surface area contributed by atoms with Crippen LogP contribution in [0.2, 0.25) is 0 Å². The molecule has 2 aliphatic heterocycles. The Bertz CT molecular complexity index is 663. The van der Waals surface area contributed by atoms with Crippen molar-refractivity contribution in [3.05, 3.63) is 71.3 Å². The number of fused-ring (bicyclic) bond motifs is 1. The fourth-order valence-electron chi connectivity index (χ4n) is 3.38. The zero-order valence-corrected chi connectivity index (χ0v) is 12.9. The zero-order valence-electron chi connectivity index (χ0n) is 12.9. The summed E-state index contributed by atoms with van der Waals surface area (Å²) in [6.07, 6.45) is -0.925. The van der Waals surface area contributed by atoms with Crippen LogP contribution in [0.15, 0.2) is 48.5 Å². The van der Waals surface area contributed by atoms with Crippen LogP contribution in [0.25, 0.3) is 0 Å². The average molecular weight is 333 g/mol. The van der Waals surface area contributed by atoms with E-state index in [0.717, 1.165) is 11.1 Å². The summed E-state index contributed by atoms with van der Waals surface area (Å²) >= 11 is 0. The fraction of sp³-hybridized carbons (Fsp3) is 0.333. The average Bonchev–Trinajstić information content (AvgIpc) is 3.14. The highest BCUT2D eigenvalue weighted by Crippen LogP contribution is 2.48. The van der Waals surface area contributed by atoms with Crippen molar-refractivity contribution in [2.24, 2.45) is 0 Å². The molecule has 0 aliphatic carbocycles. The summed E-state index contributed by atoms with van der Waals surface area (Å²) in [7, 11) is 0. The summed E-state index contributed by atoms with van der Waals surface area (Å²) in [5.74, 6) is -0.643. The number of hydrogen-bond donors (Lipinski definition) is 1. The minimum Gasteiger partial charge on any atom is -0.394 e. The first-order valence-electron chi connectivity index (χ1n) is 7.76. The van der Waals surface area contributed by atoms with Gasteiger partial charge in [0.05, 0.1) is 25.4 Å². The largest absolute Gasteiger partial charge is 0.394 e. The molecule has 0 amide bonds. The molecule has 1 N–H and O–H groups in total. The molecule has 2 aliphatic rings. The molecule has 2 fully saturated rings. The molecule has 0 unspecified atom stereocenters. The van der Waals surface area contributed by atoms with Gasteiger partial charge in [0.2, 0.25) is 0 Å². The van der Waals surface area contributed by atoms with Gasteiger partial charge in [0, 0.05) is 0 Å². The second kappa shape index (κ2) is 5.89. The predicted octanol–water partition coefficient (Wildman–Crippen LogP) is 2.76. The lowest BCUT2D eigenvalue weighted by Gasteiger charge is -2.33. The van der Waals surface area contributed by atoms with E-state index in [1.165, 1.54) is 24.3 Å². The third kappa shape index (κ3) is 2.43. The molecular formula is C18H17F2NO3. The normalized spacial score (nSPS) is 25.8. The second-order valence-electron chi connectivity index (χ2n) is 6.22. The molecule has 0 bridgehead atoms. The maximum Gasteiger partial charge on any atom is 0.139 e. The van der Waals surface area contributed by atoms with Crippen LogP contribution in [0.4, 0.5) is 8.78 Å². The molecular weight excluding hydrogens is 316 g/mol. The van der Waals surface area contributed by atoms with Crippen LogP contribution in [-0.2, 0) is 9.47 Å². The topological polar surface area (TPSA) is 41.9 Å². The van der Waals surface area contributed by atoms with Gasteiger partial charge in [-0.2, -0.15) is 0 Å². The second-order valence-corrected chi connectivity index (χ2v) is 6.22. The molecule has 0 saturated carbocycles. The number of halogens is 2. The monoisotopic (exact) mass is 333 g/mol. The van der Waals surface area contributed by atoms with Gasteiger partial charge in [-0.15, -0.1) is 0 Å². The molecule has 2 aromatic rings.